The van der Waals surface area contributed by atoms with Gasteiger partial charge in [-0.2, -0.15) is 0 Å². The Kier molecular flexibility index (Phi) is 5.34. The molecule has 1 amide bonds. The minimum Gasteiger partial charge on any atom is -0.458 e. The summed E-state index contributed by atoms with van der Waals surface area (Å²) in [5, 5.41) is 2.65. The van der Waals surface area contributed by atoms with Crippen LogP contribution in [0, 0.1) is 6.92 Å². The fourth-order valence-electron chi connectivity index (χ4n) is 1.56. The van der Waals surface area contributed by atoms with Gasteiger partial charge in [0, 0.05) is 10.0 Å². The molecule has 4 nitrogen and oxygen atoms in total. The average Bonchev–Trinajstić information content (AvgIpc) is 2.29. The average molecular weight is 342 g/mol. The number of amides is 1. The zero-order valence-corrected chi connectivity index (χ0v) is 14.0. The second-order valence-electron chi connectivity index (χ2n) is 5.69. The van der Waals surface area contributed by atoms with Crippen LogP contribution >= 0.6 is 15.9 Å². The standard InChI is InChI=1S/C15H20BrNO3/c1-9-6-7-11(16)8-12(9)13(18)17-10(2)14(19)20-15(3,4)5/h6-8,10H,1-5H3,(H,17,18)/t10-/m0/s1. The SMILES string of the molecule is Cc1ccc(Br)cc1C(=O)N[C@@H](C)C(=O)OC(C)(C)C. The largest absolute Gasteiger partial charge is 0.458 e. The van der Waals surface area contributed by atoms with Crippen molar-refractivity contribution in [3.8, 4) is 0 Å². The molecule has 0 fully saturated rings. The highest BCUT2D eigenvalue weighted by molar-refractivity contribution is 9.10. The molecule has 0 heterocycles. The van der Waals surface area contributed by atoms with Gasteiger partial charge in [-0.1, -0.05) is 22.0 Å². The highest BCUT2D eigenvalue weighted by Crippen LogP contribution is 2.16. The number of rotatable bonds is 3. The molecule has 1 N–H and O–H groups in total. The Balaban J connectivity index is 2.75. The lowest BCUT2D eigenvalue weighted by Crippen LogP contribution is -2.42. The van der Waals surface area contributed by atoms with E-state index in [2.05, 4.69) is 21.2 Å². The minimum absolute atomic E-state index is 0.290. The number of ether oxygens (including phenoxy) is 1. The van der Waals surface area contributed by atoms with Crippen molar-refractivity contribution in [3.63, 3.8) is 0 Å². The minimum atomic E-state index is -0.694. The van der Waals surface area contributed by atoms with E-state index in [1.165, 1.54) is 0 Å². The van der Waals surface area contributed by atoms with Crippen molar-refractivity contribution in [2.75, 3.05) is 0 Å². The van der Waals surface area contributed by atoms with Crippen molar-refractivity contribution in [3.05, 3.63) is 33.8 Å². The van der Waals surface area contributed by atoms with Crippen LogP contribution in [0.4, 0.5) is 0 Å². The third-order valence-corrected chi connectivity index (χ3v) is 3.05. The van der Waals surface area contributed by atoms with Crippen LogP contribution < -0.4 is 5.32 Å². The number of aryl methyl sites for hydroxylation is 1. The van der Waals surface area contributed by atoms with Gasteiger partial charge in [-0.3, -0.25) is 4.79 Å². The number of hydrogen-bond acceptors (Lipinski definition) is 3. The fourth-order valence-corrected chi connectivity index (χ4v) is 1.92. The van der Waals surface area contributed by atoms with E-state index in [-0.39, 0.29) is 5.91 Å². The van der Waals surface area contributed by atoms with E-state index in [4.69, 9.17) is 4.74 Å². The van der Waals surface area contributed by atoms with Crippen LogP contribution in [0.5, 0.6) is 0 Å². The van der Waals surface area contributed by atoms with Crippen LogP contribution in [0.25, 0.3) is 0 Å². The van der Waals surface area contributed by atoms with Gasteiger partial charge >= 0.3 is 5.97 Å². The van der Waals surface area contributed by atoms with Crippen LogP contribution in [0.3, 0.4) is 0 Å². The Morgan fingerprint density at radius 3 is 2.45 bits per heavy atom. The van der Waals surface area contributed by atoms with E-state index in [1.54, 1.807) is 33.8 Å². The monoisotopic (exact) mass is 341 g/mol. The molecule has 1 rings (SSSR count). The third-order valence-electron chi connectivity index (χ3n) is 2.55. The van der Waals surface area contributed by atoms with Gasteiger partial charge in [-0.25, -0.2) is 4.79 Å². The molecule has 0 bridgehead atoms. The van der Waals surface area contributed by atoms with Gasteiger partial charge in [0.25, 0.3) is 5.91 Å². The van der Waals surface area contributed by atoms with Crippen molar-refractivity contribution >= 4 is 27.8 Å². The molecule has 0 unspecified atom stereocenters. The topological polar surface area (TPSA) is 55.4 Å². The molecule has 20 heavy (non-hydrogen) atoms. The Hall–Kier alpha value is -1.36. The molecule has 5 heteroatoms. The van der Waals surface area contributed by atoms with E-state index in [1.807, 2.05) is 19.1 Å². The molecule has 1 atom stereocenters. The quantitative estimate of drug-likeness (QED) is 0.858. The molecular weight excluding hydrogens is 322 g/mol. The predicted molar refractivity (Wildman–Crippen MR) is 81.7 cm³/mol. The maximum Gasteiger partial charge on any atom is 0.328 e. The maximum atomic E-state index is 12.2. The smallest absolute Gasteiger partial charge is 0.328 e. The second-order valence-corrected chi connectivity index (χ2v) is 6.60. The van der Waals surface area contributed by atoms with Gasteiger partial charge in [0.1, 0.15) is 11.6 Å². The van der Waals surface area contributed by atoms with Crippen molar-refractivity contribution in [1.82, 2.24) is 5.32 Å². The van der Waals surface area contributed by atoms with Gasteiger partial charge < -0.3 is 10.1 Å². The maximum absolute atomic E-state index is 12.2. The second kappa shape index (κ2) is 6.39. The normalized spacial score (nSPS) is 12.7. The molecule has 1 aromatic carbocycles. The predicted octanol–water partition coefficient (Wildman–Crippen LogP) is 3.22. The molecule has 110 valence electrons. The Morgan fingerprint density at radius 1 is 1.30 bits per heavy atom. The molecular formula is C15H20BrNO3. The lowest BCUT2D eigenvalue weighted by atomic mass is 10.1. The number of nitrogens with one attached hydrogen (secondary N) is 1. The van der Waals surface area contributed by atoms with Gasteiger partial charge in [-0.05, 0) is 52.3 Å². The molecule has 0 aromatic heterocycles. The lowest BCUT2D eigenvalue weighted by Gasteiger charge is -2.22. The summed E-state index contributed by atoms with van der Waals surface area (Å²) in [4.78, 5) is 24.0. The van der Waals surface area contributed by atoms with Crippen molar-refractivity contribution in [2.45, 2.75) is 46.3 Å². The first kappa shape index (κ1) is 16.7. The summed E-state index contributed by atoms with van der Waals surface area (Å²) in [5.41, 5.74) is 0.818. The summed E-state index contributed by atoms with van der Waals surface area (Å²) < 4.78 is 6.05. The summed E-state index contributed by atoms with van der Waals surface area (Å²) in [5.74, 6) is -0.736. The molecule has 0 aliphatic heterocycles. The molecule has 1 aromatic rings. The first-order valence-corrected chi connectivity index (χ1v) is 7.19. The highest BCUT2D eigenvalue weighted by Gasteiger charge is 2.23. The third kappa shape index (κ3) is 4.96. The summed E-state index contributed by atoms with van der Waals surface area (Å²) in [6, 6.07) is 4.74. The highest BCUT2D eigenvalue weighted by atomic mass is 79.9. The van der Waals surface area contributed by atoms with E-state index in [0.717, 1.165) is 10.0 Å². The van der Waals surface area contributed by atoms with Crippen LogP contribution in [0.15, 0.2) is 22.7 Å². The van der Waals surface area contributed by atoms with Gasteiger partial charge in [0.15, 0.2) is 0 Å². The van der Waals surface area contributed by atoms with Gasteiger partial charge in [0.2, 0.25) is 0 Å². The van der Waals surface area contributed by atoms with Gasteiger partial charge in [0.05, 0.1) is 0 Å². The number of hydrogen-bond donors (Lipinski definition) is 1. The molecule has 0 radical (unpaired) electrons. The number of esters is 1. The zero-order valence-electron chi connectivity index (χ0n) is 12.4. The summed E-state index contributed by atoms with van der Waals surface area (Å²) >= 11 is 3.33. The van der Waals surface area contributed by atoms with Crippen LogP contribution in [0.1, 0.15) is 43.6 Å². The number of carbonyl (C=O) groups is 2. The summed E-state index contributed by atoms with van der Waals surface area (Å²) in [6.07, 6.45) is 0. The number of benzene rings is 1. The Bertz CT molecular complexity index is 520. The van der Waals surface area contributed by atoms with Crippen LogP contribution in [0.2, 0.25) is 0 Å². The van der Waals surface area contributed by atoms with E-state index < -0.39 is 17.6 Å². The van der Waals surface area contributed by atoms with Gasteiger partial charge in [-0.15, -0.1) is 0 Å². The molecule has 0 aliphatic carbocycles. The molecule has 0 saturated carbocycles. The first-order chi connectivity index (χ1) is 9.10. The lowest BCUT2D eigenvalue weighted by molar-refractivity contribution is -0.156. The first-order valence-electron chi connectivity index (χ1n) is 6.40. The molecule has 0 saturated heterocycles. The Labute approximate surface area is 128 Å². The Morgan fingerprint density at radius 2 is 1.90 bits per heavy atom. The summed E-state index contributed by atoms with van der Waals surface area (Å²) in [6.45, 7) is 8.83. The molecule has 0 spiro atoms. The van der Waals surface area contributed by atoms with Crippen LogP contribution in [-0.2, 0) is 9.53 Å². The fraction of sp³-hybridized carbons (Fsp3) is 0.467. The van der Waals surface area contributed by atoms with E-state index >= 15 is 0 Å². The summed E-state index contributed by atoms with van der Waals surface area (Å²) in [7, 11) is 0. The number of carbonyl (C=O) groups excluding carboxylic acids is 2. The van der Waals surface area contributed by atoms with Crippen LogP contribution in [-0.4, -0.2) is 23.5 Å². The van der Waals surface area contributed by atoms with Crippen molar-refractivity contribution in [1.29, 1.82) is 0 Å². The van der Waals surface area contributed by atoms with Crippen molar-refractivity contribution < 1.29 is 14.3 Å². The van der Waals surface area contributed by atoms with Crippen molar-refractivity contribution in [2.24, 2.45) is 0 Å². The molecule has 0 aliphatic rings. The number of halogens is 1. The van der Waals surface area contributed by atoms with E-state index in [9.17, 15) is 9.59 Å². The van der Waals surface area contributed by atoms with E-state index in [0.29, 0.717) is 5.56 Å². The zero-order chi connectivity index (χ0) is 15.5.